The molecule has 0 aromatic heterocycles. The van der Waals surface area contributed by atoms with Gasteiger partial charge in [0.25, 0.3) is 0 Å². The van der Waals surface area contributed by atoms with Crippen LogP contribution in [0.4, 0.5) is 8.78 Å². The van der Waals surface area contributed by atoms with Gasteiger partial charge in [0.2, 0.25) is 0 Å². The monoisotopic (exact) mass is 301 g/mol. The van der Waals surface area contributed by atoms with Gasteiger partial charge < -0.3 is 9.47 Å². The first-order valence-electron chi connectivity index (χ1n) is 6.69. The molecule has 0 bridgehead atoms. The molecule has 118 valence electrons. The van der Waals surface area contributed by atoms with E-state index in [1.165, 1.54) is 6.07 Å². The maximum absolute atomic E-state index is 13.6. The van der Waals surface area contributed by atoms with E-state index in [4.69, 9.17) is 9.47 Å². The van der Waals surface area contributed by atoms with Crippen LogP contribution in [0.15, 0.2) is 18.2 Å². The Hall–Kier alpha value is -1.37. The lowest BCUT2D eigenvalue weighted by Gasteiger charge is -2.27. The zero-order valence-electron chi connectivity index (χ0n) is 12.6. The highest BCUT2D eigenvalue weighted by atomic mass is 19.1. The van der Waals surface area contributed by atoms with Gasteiger partial charge in [0.1, 0.15) is 11.6 Å². The molecule has 1 aromatic carbocycles. The lowest BCUT2D eigenvalue weighted by molar-refractivity contribution is 0.0649. The van der Waals surface area contributed by atoms with E-state index in [1.54, 1.807) is 14.2 Å². The van der Waals surface area contributed by atoms with Crippen LogP contribution in [0.2, 0.25) is 0 Å². The second kappa shape index (κ2) is 8.81. The van der Waals surface area contributed by atoms with Gasteiger partial charge in [-0.05, 0) is 19.1 Å². The van der Waals surface area contributed by atoms with Gasteiger partial charge in [-0.15, -0.1) is 0 Å². The van der Waals surface area contributed by atoms with E-state index in [2.05, 4.69) is 0 Å². The van der Waals surface area contributed by atoms with Crippen LogP contribution in [-0.4, -0.2) is 57.2 Å². The minimum absolute atomic E-state index is 0.0161. The Morgan fingerprint density at radius 3 is 2.57 bits per heavy atom. The number of carbonyl (C=O) groups excluding carboxylic acids is 1. The van der Waals surface area contributed by atoms with Gasteiger partial charge in [-0.3, -0.25) is 9.69 Å². The van der Waals surface area contributed by atoms with Crippen molar-refractivity contribution < 1.29 is 23.0 Å². The number of methoxy groups -OCH3 is 2. The predicted molar refractivity (Wildman–Crippen MR) is 75.5 cm³/mol. The van der Waals surface area contributed by atoms with Crippen molar-refractivity contribution in [1.29, 1.82) is 0 Å². The van der Waals surface area contributed by atoms with E-state index in [9.17, 15) is 13.6 Å². The molecule has 0 spiro atoms. The van der Waals surface area contributed by atoms with Crippen LogP contribution in [0, 0.1) is 11.6 Å². The van der Waals surface area contributed by atoms with Gasteiger partial charge in [0, 0.05) is 32.9 Å². The molecule has 4 nitrogen and oxygen atoms in total. The number of benzene rings is 1. The van der Waals surface area contributed by atoms with Crippen molar-refractivity contribution >= 4 is 5.78 Å². The summed E-state index contributed by atoms with van der Waals surface area (Å²) in [5.74, 6) is -1.94. The summed E-state index contributed by atoms with van der Waals surface area (Å²) in [7, 11) is 3.15. The molecule has 0 aliphatic heterocycles. The van der Waals surface area contributed by atoms with Crippen LogP contribution in [0.25, 0.3) is 0 Å². The van der Waals surface area contributed by atoms with Crippen LogP contribution >= 0.6 is 0 Å². The number of hydrogen-bond donors (Lipinski definition) is 0. The number of ether oxygens (including phenoxy) is 2. The maximum atomic E-state index is 13.6. The van der Waals surface area contributed by atoms with Crippen LogP contribution in [0.3, 0.4) is 0 Å². The van der Waals surface area contributed by atoms with Gasteiger partial charge in [-0.1, -0.05) is 0 Å². The van der Waals surface area contributed by atoms with Crippen molar-refractivity contribution in [2.75, 3.05) is 40.5 Å². The summed E-state index contributed by atoms with van der Waals surface area (Å²) in [6, 6.07) is 2.94. The second-order valence-electron chi connectivity index (χ2n) is 4.81. The summed E-state index contributed by atoms with van der Waals surface area (Å²) in [6.07, 6.45) is 0. The third kappa shape index (κ3) is 5.49. The number of Topliss-reactive ketones (excluding diaryl/α,β-unsaturated/α-hetero) is 1. The molecule has 0 aliphatic carbocycles. The van der Waals surface area contributed by atoms with E-state index < -0.39 is 17.4 Å². The lowest BCUT2D eigenvalue weighted by atomic mass is 10.1. The summed E-state index contributed by atoms with van der Waals surface area (Å²) in [5, 5.41) is 0. The molecule has 0 fully saturated rings. The average Bonchev–Trinajstić information content (AvgIpc) is 2.43. The smallest absolute Gasteiger partial charge is 0.179 e. The summed E-state index contributed by atoms with van der Waals surface area (Å²) in [5.41, 5.74) is -0.108. The number of ketones is 1. The van der Waals surface area contributed by atoms with Crippen LogP contribution < -0.4 is 0 Å². The Morgan fingerprint density at radius 2 is 2.00 bits per heavy atom. The topological polar surface area (TPSA) is 38.8 Å². The summed E-state index contributed by atoms with van der Waals surface area (Å²) < 4.78 is 36.6. The first kappa shape index (κ1) is 17.7. The third-order valence-corrected chi connectivity index (χ3v) is 3.19. The van der Waals surface area contributed by atoms with E-state index in [0.717, 1.165) is 6.07 Å². The van der Waals surface area contributed by atoms with Crippen LogP contribution in [0.1, 0.15) is 17.3 Å². The number of carbonyl (C=O) groups is 1. The molecule has 1 unspecified atom stereocenters. The van der Waals surface area contributed by atoms with E-state index in [-0.39, 0.29) is 18.2 Å². The number of nitrogens with zero attached hydrogens (tertiary/aromatic N) is 1. The normalized spacial score (nSPS) is 12.7. The second-order valence-corrected chi connectivity index (χ2v) is 4.81. The molecule has 21 heavy (non-hydrogen) atoms. The number of hydrogen-bond acceptors (Lipinski definition) is 4. The highest BCUT2D eigenvalue weighted by Gasteiger charge is 2.20. The van der Waals surface area contributed by atoms with Crippen LogP contribution in [-0.2, 0) is 9.47 Å². The summed E-state index contributed by atoms with van der Waals surface area (Å²) in [4.78, 5) is 14.0. The molecule has 0 saturated carbocycles. The van der Waals surface area contributed by atoms with Crippen molar-refractivity contribution in [3.8, 4) is 0 Å². The molecule has 0 N–H and O–H groups in total. The van der Waals surface area contributed by atoms with E-state index in [1.807, 2.05) is 11.8 Å². The largest absolute Gasteiger partial charge is 0.383 e. The Bertz CT molecular complexity index is 468. The predicted octanol–water partition coefficient (Wildman–Crippen LogP) is 2.13. The standard InChI is InChI=1S/C15H21F2NO3/c1-11(10-21-3)18(6-7-20-2)9-15(19)13-5-4-12(16)8-14(13)17/h4-5,8,11H,6-7,9-10H2,1-3H3. The molecule has 1 atom stereocenters. The molecule has 1 rings (SSSR count). The zero-order chi connectivity index (χ0) is 15.8. The Balaban J connectivity index is 2.78. The first-order valence-corrected chi connectivity index (χ1v) is 6.69. The number of halogens is 2. The molecule has 6 heteroatoms. The fourth-order valence-electron chi connectivity index (χ4n) is 2.00. The van der Waals surface area contributed by atoms with Crippen molar-refractivity contribution in [2.24, 2.45) is 0 Å². The van der Waals surface area contributed by atoms with E-state index >= 15 is 0 Å². The SMILES string of the molecule is COCCN(CC(=O)c1ccc(F)cc1F)C(C)COC. The molecular formula is C15H21F2NO3. The van der Waals surface area contributed by atoms with Gasteiger partial charge in [0.15, 0.2) is 5.78 Å². The lowest BCUT2D eigenvalue weighted by Crippen LogP contribution is -2.42. The molecule has 0 amide bonds. The zero-order valence-corrected chi connectivity index (χ0v) is 12.6. The minimum Gasteiger partial charge on any atom is -0.383 e. The van der Waals surface area contributed by atoms with Gasteiger partial charge in [0.05, 0.1) is 25.3 Å². The average molecular weight is 301 g/mol. The van der Waals surface area contributed by atoms with Crippen molar-refractivity contribution in [2.45, 2.75) is 13.0 Å². The Kier molecular flexibility index (Phi) is 7.42. The fraction of sp³-hybridized carbons (Fsp3) is 0.533. The number of rotatable bonds is 9. The Labute approximate surface area is 123 Å². The third-order valence-electron chi connectivity index (χ3n) is 3.19. The van der Waals surface area contributed by atoms with Crippen molar-refractivity contribution in [3.63, 3.8) is 0 Å². The van der Waals surface area contributed by atoms with Gasteiger partial charge >= 0.3 is 0 Å². The highest BCUT2D eigenvalue weighted by molar-refractivity contribution is 5.97. The molecule has 1 aromatic rings. The van der Waals surface area contributed by atoms with Gasteiger partial charge in [-0.2, -0.15) is 0 Å². The summed E-state index contributed by atoms with van der Waals surface area (Å²) >= 11 is 0. The first-order chi connectivity index (χ1) is 9.99. The van der Waals surface area contributed by atoms with E-state index in [0.29, 0.717) is 25.8 Å². The quantitative estimate of drug-likeness (QED) is 0.655. The molecule has 0 radical (unpaired) electrons. The minimum atomic E-state index is -0.842. The molecule has 0 heterocycles. The molecular weight excluding hydrogens is 280 g/mol. The Morgan fingerprint density at radius 1 is 1.29 bits per heavy atom. The van der Waals surface area contributed by atoms with Crippen molar-refractivity contribution in [1.82, 2.24) is 4.90 Å². The van der Waals surface area contributed by atoms with Gasteiger partial charge in [-0.25, -0.2) is 8.78 Å². The summed E-state index contributed by atoms with van der Waals surface area (Å²) in [6.45, 7) is 3.36. The molecule has 0 saturated heterocycles. The fourth-order valence-corrected chi connectivity index (χ4v) is 2.00. The van der Waals surface area contributed by atoms with Crippen LogP contribution in [0.5, 0.6) is 0 Å². The highest BCUT2D eigenvalue weighted by Crippen LogP contribution is 2.12. The molecule has 0 aliphatic rings. The van der Waals surface area contributed by atoms with Crippen molar-refractivity contribution in [3.05, 3.63) is 35.4 Å². The maximum Gasteiger partial charge on any atom is 0.179 e.